The fraction of sp³-hybridized carbons (Fsp3) is 0.133. The Labute approximate surface area is 153 Å². The van der Waals surface area contributed by atoms with Gasteiger partial charge in [0, 0.05) is 7.05 Å². The SMILES string of the molecule is CN=C(N/N=C/N)Nc1ccc(S(=O)(=O)c2ccc(C(=O)OC)o2)cc1F. The average molecular weight is 397 g/mol. The molecule has 0 saturated carbocycles. The number of nitrogens with one attached hydrogen (secondary N) is 2. The number of anilines is 1. The molecule has 0 radical (unpaired) electrons. The number of esters is 1. The summed E-state index contributed by atoms with van der Waals surface area (Å²) in [6, 6.07) is 5.41. The standard InChI is InChI=1S/C15H16FN5O5S/c1-18-15(21-19-8-17)20-11-4-3-9(7-10(11)16)27(23,24)13-6-5-12(26-13)14(22)25-2/h3-8H,1-2H3,(H2,17,19)(H2,18,20,21). The van der Waals surface area contributed by atoms with Crippen molar-refractivity contribution in [3.63, 3.8) is 0 Å². The monoisotopic (exact) mass is 397 g/mol. The topological polar surface area (TPSA) is 148 Å². The third-order valence-corrected chi connectivity index (χ3v) is 4.83. The van der Waals surface area contributed by atoms with Crippen molar-refractivity contribution in [1.82, 2.24) is 5.43 Å². The van der Waals surface area contributed by atoms with Crippen molar-refractivity contribution in [1.29, 1.82) is 0 Å². The molecule has 12 heteroatoms. The predicted octanol–water partition coefficient (Wildman–Crippen LogP) is 0.927. The number of halogens is 1. The van der Waals surface area contributed by atoms with Gasteiger partial charge in [0.25, 0.3) is 0 Å². The summed E-state index contributed by atoms with van der Waals surface area (Å²) in [6.45, 7) is 0. The summed E-state index contributed by atoms with van der Waals surface area (Å²) < 4.78 is 48.8. The number of rotatable bonds is 5. The van der Waals surface area contributed by atoms with E-state index in [0.717, 1.165) is 31.6 Å². The first kappa shape index (κ1) is 19.9. The highest BCUT2D eigenvalue weighted by Gasteiger charge is 2.25. The number of hydrazone groups is 1. The van der Waals surface area contributed by atoms with Gasteiger partial charge in [0.15, 0.2) is 0 Å². The zero-order valence-electron chi connectivity index (χ0n) is 14.3. The van der Waals surface area contributed by atoms with E-state index in [1.54, 1.807) is 0 Å². The van der Waals surface area contributed by atoms with E-state index in [1.807, 2.05) is 0 Å². The molecule has 1 aromatic carbocycles. The van der Waals surface area contributed by atoms with Gasteiger partial charge in [0.1, 0.15) is 12.2 Å². The molecule has 0 unspecified atom stereocenters. The third kappa shape index (κ3) is 4.41. The van der Waals surface area contributed by atoms with Crippen LogP contribution in [0, 0.1) is 5.82 Å². The fourth-order valence-electron chi connectivity index (χ4n) is 1.92. The Morgan fingerprint density at radius 3 is 2.67 bits per heavy atom. The smallest absolute Gasteiger partial charge is 0.374 e. The highest BCUT2D eigenvalue weighted by molar-refractivity contribution is 7.91. The first-order valence-electron chi connectivity index (χ1n) is 7.29. The zero-order chi connectivity index (χ0) is 20.0. The van der Waals surface area contributed by atoms with Crippen LogP contribution in [0.4, 0.5) is 10.1 Å². The third-order valence-electron chi connectivity index (χ3n) is 3.21. The minimum absolute atomic E-state index is 0.0519. The predicted molar refractivity (Wildman–Crippen MR) is 94.7 cm³/mol. The number of nitrogens with zero attached hydrogens (tertiary/aromatic N) is 2. The number of guanidine groups is 1. The summed E-state index contributed by atoms with van der Waals surface area (Å²) in [6.07, 6.45) is 0.977. The van der Waals surface area contributed by atoms with Crippen molar-refractivity contribution in [2.75, 3.05) is 19.5 Å². The number of ether oxygens (including phenoxy) is 1. The minimum atomic E-state index is -4.18. The van der Waals surface area contributed by atoms with Gasteiger partial charge in [-0.2, -0.15) is 5.10 Å². The average Bonchev–Trinajstić information content (AvgIpc) is 3.16. The van der Waals surface area contributed by atoms with Gasteiger partial charge in [-0.3, -0.25) is 4.99 Å². The molecule has 1 aromatic heterocycles. The van der Waals surface area contributed by atoms with E-state index >= 15 is 0 Å². The minimum Gasteiger partial charge on any atom is -0.463 e. The van der Waals surface area contributed by atoms with Gasteiger partial charge in [-0.15, -0.1) is 0 Å². The maximum Gasteiger partial charge on any atom is 0.374 e. The Balaban J connectivity index is 2.30. The number of nitrogens with two attached hydrogens (primary N) is 1. The van der Waals surface area contributed by atoms with Crippen molar-refractivity contribution in [2.45, 2.75) is 9.99 Å². The Bertz CT molecular complexity index is 1000. The second kappa shape index (κ2) is 8.31. The van der Waals surface area contributed by atoms with Crippen molar-refractivity contribution in [3.8, 4) is 0 Å². The summed E-state index contributed by atoms with van der Waals surface area (Å²) in [5.74, 6) is -1.90. The summed E-state index contributed by atoms with van der Waals surface area (Å²) in [7, 11) is -1.62. The fourth-order valence-corrected chi connectivity index (χ4v) is 3.10. The van der Waals surface area contributed by atoms with E-state index in [1.165, 1.54) is 19.2 Å². The maximum atomic E-state index is 14.3. The molecule has 0 aliphatic rings. The molecule has 0 saturated heterocycles. The zero-order valence-corrected chi connectivity index (χ0v) is 15.1. The van der Waals surface area contributed by atoms with Crippen LogP contribution in [0.25, 0.3) is 0 Å². The van der Waals surface area contributed by atoms with E-state index in [0.29, 0.717) is 0 Å². The summed E-state index contributed by atoms with van der Waals surface area (Å²) in [5.41, 5.74) is 7.46. The van der Waals surface area contributed by atoms with Crippen LogP contribution in [0.5, 0.6) is 0 Å². The molecule has 0 fully saturated rings. The molecular formula is C15H16FN5O5S. The molecule has 1 heterocycles. The van der Waals surface area contributed by atoms with E-state index in [-0.39, 0.29) is 22.3 Å². The molecular weight excluding hydrogens is 381 g/mol. The molecule has 2 aromatic rings. The molecule has 0 atom stereocenters. The Hall–Kier alpha value is -3.41. The van der Waals surface area contributed by atoms with Crippen LogP contribution >= 0.6 is 0 Å². The number of carbonyl (C=O) groups is 1. The van der Waals surface area contributed by atoms with Gasteiger partial charge in [-0.25, -0.2) is 23.0 Å². The summed E-state index contributed by atoms with van der Waals surface area (Å²) >= 11 is 0. The lowest BCUT2D eigenvalue weighted by Gasteiger charge is -2.10. The quantitative estimate of drug-likeness (QED) is 0.292. The summed E-state index contributed by atoms with van der Waals surface area (Å²) in [5, 5.41) is 5.61. The van der Waals surface area contributed by atoms with E-state index < -0.39 is 26.7 Å². The van der Waals surface area contributed by atoms with Crippen LogP contribution in [-0.4, -0.2) is 40.8 Å². The number of furan rings is 1. The number of carbonyl (C=O) groups excluding carboxylic acids is 1. The molecule has 27 heavy (non-hydrogen) atoms. The Kier molecular flexibility index (Phi) is 6.13. The van der Waals surface area contributed by atoms with Gasteiger partial charge in [0.05, 0.1) is 17.7 Å². The molecule has 2 rings (SSSR count). The van der Waals surface area contributed by atoms with Gasteiger partial charge in [-0.05, 0) is 30.3 Å². The Morgan fingerprint density at radius 1 is 1.33 bits per heavy atom. The number of benzene rings is 1. The van der Waals surface area contributed by atoms with Gasteiger partial charge < -0.3 is 20.2 Å². The van der Waals surface area contributed by atoms with Crippen molar-refractivity contribution < 1.29 is 26.8 Å². The normalized spacial score (nSPS) is 12.2. The first-order chi connectivity index (χ1) is 12.8. The first-order valence-corrected chi connectivity index (χ1v) is 8.77. The molecule has 0 bridgehead atoms. The molecule has 0 amide bonds. The number of sulfone groups is 1. The second-order valence-corrected chi connectivity index (χ2v) is 6.72. The molecule has 0 spiro atoms. The molecule has 144 valence electrons. The van der Waals surface area contributed by atoms with Crippen LogP contribution in [0.15, 0.2) is 54.8 Å². The number of methoxy groups -OCH3 is 1. The van der Waals surface area contributed by atoms with Crippen molar-refractivity contribution in [3.05, 3.63) is 41.9 Å². The van der Waals surface area contributed by atoms with E-state index in [9.17, 15) is 17.6 Å². The van der Waals surface area contributed by atoms with Gasteiger partial charge >= 0.3 is 5.97 Å². The van der Waals surface area contributed by atoms with E-state index in [2.05, 4.69) is 25.6 Å². The van der Waals surface area contributed by atoms with E-state index in [4.69, 9.17) is 10.2 Å². The molecule has 10 nitrogen and oxygen atoms in total. The lowest BCUT2D eigenvalue weighted by Crippen LogP contribution is -2.27. The lowest BCUT2D eigenvalue weighted by molar-refractivity contribution is 0.0559. The lowest BCUT2D eigenvalue weighted by atomic mass is 10.3. The molecule has 0 aliphatic carbocycles. The van der Waals surface area contributed by atoms with Gasteiger partial charge in [-0.1, -0.05) is 0 Å². The molecule has 4 N–H and O–H groups in total. The van der Waals surface area contributed by atoms with Crippen LogP contribution in [-0.2, 0) is 14.6 Å². The highest BCUT2D eigenvalue weighted by atomic mass is 32.2. The van der Waals surface area contributed by atoms with Crippen LogP contribution < -0.4 is 16.5 Å². The van der Waals surface area contributed by atoms with Crippen LogP contribution in [0.1, 0.15) is 10.6 Å². The van der Waals surface area contributed by atoms with Crippen LogP contribution in [0.3, 0.4) is 0 Å². The Morgan fingerprint density at radius 2 is 2.07 bits per heavy atom. The maximum absolute atomic E-state index is 14.3. The van der Waals surface area contributed by atoms with Crippen LogP contribution in [0.2, 0.25) is 0 Å². The van der Waals surface area contributed by atoms with Crippen molar-refractivity contribution >= 4 is 33.8 Å². The van der Waals surface area contributed by atoms with Gasteiger partial charge in [0.2, 0.25) is 26.6 Å². The molecule has 0 aliphatic heterocycles. The summed E-state index contributed by atoms with van der Waals surface area (Å²) in [4.78, 5) is 14.8. The number of hydrogen-bond acceptors (Lipinski definition) is 7. The highest BCUT2D eigenvalue weighted by Crippen LogP contribution is 2.26. The number of aliphatic imine (C=N–C) groups is 1. The number of hydrogen-bond donors (Lipinski definition) is 3. The second-order valence-electron chi connectivity index (χ2n) is 4.84. The largest absolute Gasteiger partial charge is 0.463 e. The van der Waals surface area contributed by atoms with Crippen molar-refractivity contribution in [2.24, 2.45) is 15.8 Å².